The molecule has 0 atom stereocenters. The van der Waals surface area contributed by atoms with Crippen molar-refractivity contribution in [2.45, 2.75) is 0 Å². The third-order valence-electron chi connectivity index (χ3n) is 11.3. The van der Waals surface area contributed by atoms with Gasteiger partial charge in [0.05, 0.1) is 11.0 Å². The van der Waals surface area contributed by atoms with Crippen molar-refractivity contribution in [3.8, 4) is 27.9 Å². The van der Waals surface area contributed by atoms with Crippen molar-refractivity contribution in [2.75, 3.05) is 4.90 Å². The Labute approximate surface area is 325 Å². The van der Waals surface area contributed by atoms with Crippen LogP contribution in [-0.4, -0.2) is 4.57 Å². The van der Waals surface area contributed by atoms with Gasteiger partial charge in [0.25, 0.3) is 0 Å². The number of nitrogens with zero attached hydrogens (tertiary/aromatic N) is 2. The molecule has 1 heterocycles. The summed E-state index contributed by atoms with van der Waals surface area (Å²) in [5.74, 6) is 0. The van der Waals surface area contributed by atoms with Gasteiger partial charge in [-0.3, -0.25) is 0 Å². The molecule has 0 aliphatic carbocycles. The summed E-state index contributed by atoms with van der Waals surface area (Å²) in [5.41, 5.74) is 11.8. The van der Waals surface area contributed by atoms with E-state index in [0.29, 0.717) is 0 Å². The van der Waals surface area contributed by atoms with Crippen LogP contribution in [0.2, 0.25) is 0 Å². The molecule has 0 saturated heterocycles. The van der Waals surface area contributed by atoms with Crippen LogP contribution in [0.15, 0.2) is 218 Å². The van der Waals surface area contributed by atoms with Gasteiger partial charge in [0.1, 0.15) is 0 Å². The lowest BCUT2D eigenvalue weighted by atomic mass is 10.00. The van der Waals surface area contributed by atoms with Crippen LogP contribution in [0.4, 0.5) is 17.1 Å². The van der Waals surface area contributed by atoms with Crippen LogP contribution >= 0.6 is 0 Å². The third-order valence-corrected chi connectivity index (χ3v) is 11.3. The molecule has 0 unspecified atom stereocenters. The van der Waals surface area contributed by atoms with E-state index in [1.165, 1.54) is 76.4 Å². The zero-order valence-electron chi connectivity index (χ0n) is 30.7. The Morgan fingerprint density at radius 2 is 0.786 bits per heavy atom. The van der Waals surface area contributed by atoms with E-state index in [2.05, 4.69) is 228 Å². The van der Waals surface area contributed by atoms with Crippen molar-refractivity contribution in [1.82, 2.24) is 4.57 Å². The quantitative estimate of drug-likeness (QED) is 0.167. The van der Waals surface area contributed by atoms with Gasteiger partial charge in [0, 0.05) is 38.9 Å². The molecule has 0 saturated carbocycles. The molecule has 0 bridgehead atoms. The van der Waals surface area contributed by atoms with E-state index in [1.807, 2.05) is 0 Å². The summed E-state index contributed by atoms with van der Waals surface area (Å²) >= 11 is 0. The number of anilines is 3. The maximum Gasteiger partial charge on any atom is 0.0619 e. The summed E-state index contributed by atoms with van der Waals surface area (Å²) in [6.45, 7) is 0. The molecule has 0 radical (unpaired) electrons. The fraction of sp³-hybridized carbons (Fsp3) is 0. The predicted molar refractivity (Wildman–Crippen MR) is 239 cm³/mol. The number of aromatic nitrogens is 1. The maximum absolute atomic E-state index is 2.44. The van der Waals surface area contributed by atoms with Gasteiger partial charge in [0.15, 0.2) is 0 Å². The van der Waals surface area contributed by atoms with Crippen molar-refractivity contribution >= 4 is 71.2 Å². The molecule has 0 aliphatic rings. The van der Waals surface area contributed by atoms with Gasteiger partial charge in [-0.05, 0) is 116 Å². The Morgan fingerprint density at radius 3 is 1.50 bits per heavy atom. The monoisotopic (exact) mass is 712 g/mol. The number of hydrogen-bond donors (Lipinski definition) is 0. The van der Waals surface area contributed by atoms with Crippen LogP contribution < -0.4 is 4.90 Å². The zero-order chi connectivity index (χ0) is 37.0. The SMILES string of the molecule is c1ccc(N(c2ccc(-c3ccc4ccccc4c3)cc2)c2ccc(-c3ccc4ccc(-n5c6ccccc6c6ccc7ccccc7c65)cc4c3)cc2)cc1. The Kier molecular flexibility index (Phi) is 7.53. The van der Waals surface area contributed by atoms with Gasteiger partial charge in [0.2, 0.25) is 0 Å². The second-order valence-electron chi connectivity index (χ2n) is 14.6. The predicted octanol–water partition coefficient (Wildman–Crippen LogP) is 15.0. The smallest absolute Gasteiger partial charge is 0.0619 e. The molecule has 0 aliphatic heterocycles. The van der Waals surface area contributed by atoms with E-state index < -0.39 is 0 Å². The highest BCUT2D eigenvalue weighted by Crippen LogP contribution is 2.39. The third kappa shape index (κ3) is 5.42. The molecular weight excluding hydrogens is 677 g/mol. The van der Waals surface area contributed by atoms with Crippen LogP contribution in [0.1, 0.15) is 0 Å². The van der Waals surface area contributed by atoms with Crippen molar-refractivity contribution < 1.29 is 0 Å². The summed E-state index contributed by atoms with van der Waals surface area (Å²) in [6.07, 6.45) is 0. The molecule has 56 heavy (non-hydrogen) atoms. The molecule has 0 N–H and O–H groups in total. The number of fused-ring (bicyclic) bond motifs is 7. The summed E-state index contributed by atoms with van der Waals surface area (Å²) in [4.78, 5) is 2.33. The molecular formula is C54H36N2. The normalized spacial score (nSPS) is 11.6. The van der Waals surface area contributed by atoms with Gasteiger partial charge in [-0.2, -0.15) is 0 Å². The maximum atomic E-state index is 2.44. The van der Waals surface area contributed by atoms with E-state index in [1.54, 1.807) is 0 Å². The van der Waals surface area contributed by atoms with E-state index in [-0.39, 0.29) is 0 Å². The fourth-order valence-corrected chi connectivity index (χ4v) is 8.55. The first-order valence-corrected chi connectivity index (χ1v) is 19.3. The summed E-state index contributed by atoms with van der Waals surface area (Å²) in [6, 6.07) is 79.4. The molecule has 1 aromatic heterocycles. The van der Waals surface area contributed by atoms with Crippen LogP contribution in [-0.2, 0) is 0 Å². The number of hydrogen-bond acceptors (Lipinski definition) is 1. The minimum Gasteiger partial charge on any atom is -0.311 e. The summed E-state index contributed by atoms with van der Waals surface area (Å²) in [5, 5.41) is 10.0. The van der Waals surface area contributed by atoms with Gasteiger partial charge in [-0.15, -0.1) is 0 Å². The Balaban J connectivity index is 0.957. The van der Waals surface area contributed by atoms with Crippen LogP contribution in [0, 0.1) is 0 Å². The molecule has 2 heteroatoms. The van der Waals surface area contributed by atoms with Crippen molar-refractivity contribution in [2.24, 2.45) is 0 Å². The molecule has 11 rings (SSSR count). The van der Waals surface area contributed by atoms with Crippen LogP contribution in [0.3, 0.4) is 0 Å². The highest BCUT2D eigenvalue weighted by molar-refractivity contribution is 6.18. The molecule has 0 fully saturated rings. The first kappa shape index (κ1) is 32.0. The van der Waals surface area contributed by atoms with E-state index in [9.17, 15) is 0 Å². The molecule has 0 amide bonds. The largest absolute Gasteiger partial charge is 0.311 e. The number of benzene rings is 10. The van der Waals surface area contributed by atoms with Crippen LogP contribution in [0.25, 0.3) is 82.1 Å². The average molecular weight is 713 g/mol. The fourth-order valence-electron chi connectivity index (χ4n) is 8.55. The topological polar surface area (TPSA) is 8.17 Å². The molecule has 0 spiro atoms. The van der Waals surface area contributed by atoms with Crippen LogP contribution in [0.5, 0.6) is 0 Å². The number of para-hydroxylation sites is 2. The Hall–Kier alpha value is -7.42. The van der Waals surface area contributed by atoms with E-state index >= 15 is 0 Å². The standard InChI is InChI=1S/C54H36N2/c1-2-13-46(14-3-1)55(47-28-22-38(23-29-47)43-20-18-37-10-4-5-12-42(37)34-43)48-30-24-39(25-31-48)44-21-19-40-26-32-49(36-45(40)35-44)56-53-17-9-8-16-51(53)52-33-27-41-11-6-7-15-50(41)54(52)56/h1-36H. The lowest BCUT2D eigenvalue weighted by molar-refractivity contribution is 1.19. The molecule has 10 aromatic carbocycles. The lowest BCUT2D eigenvalue weighted by Crippen LogP contribution is -2.09. The number of rotatable bonds is 6. The first-order chi connectivity index (χ1) is 27.7. The van der Waals surface area contributed by atoms with Gasteiger partial charge in [-0.1, -0.05) is 152 Å². The second kappa shape index (κ2) is 13.2. The van der Waals surface area contributed by atoms with Gasteiger partial charge >= 0.3 is 0 Å². The first-order valence-electron chi connectivity index (χ1n) is 19.3. The van der Waals surface area contributed by atoms with Gasteiger partial charge < -0.3 is 9.47 Å². The zero-order valence-corrected chi connectivity index (χ0v) is 30.7. The average Bonchev–Trinajstić information content (AvgIpc) is 3.62. The lowest BCUT2D eigenvalue weighted by Gasteiger charge is -2.26. The highest BCUT2D eigenvalue weighted by atomic mass is 15.1. The van der Waals surface area contributed by atoms with Crippen molar-refractivity contribution in [3.05, 3.63) is 218 Å². The summed E-state index contributed by atoms with van der Waals surface area (Å²) in [7, 11) is 0. The second-order valence-corrected chi connectivity index (χ2v) is 14.6. The van der Waals surface area contributed by atoms with E-state index in [0.717, 1.165) is 22.7 Å². The van der Waals surface area contributed by atoms with Crippen molar-refractivity contribution in [3.63, 3.8) is 0 Å². The Morgan fingerprint density at radius 1 is 0.286 bits per heavy atom. The minimum absolute atomic E-state index is 1.11. The molecule has 262 valence electrons. The van der Waals surface area contributed by atoms with Crippen molar-refractivity contribution in [1.29, 1.82) is 0 Å². The van der Waals surface area contributed by atoms with E-state index in [4.69, 9.17) is 0 Å². The summed E-state index contributed by atoms with van der Waals surface area (Å²) < 4.78 is 2.44. The van der Waals surface area contributed by atoms with Gasteiger partial charge in [-0.25, -0.2) is 0 Å². The molecule has 11 aromatic rings. The minimum atomic E-state index is 1.11. The molecule has 2 nitrogen and oxygen atoms in total. The highest BCUT2D eigenvalue weighted by Gasteiger charge is 2.16. The Bertz CT molecular complexity index is 3230.